The van der Waals surface area contributed by atoms with Crippen molar-refractivity contribution < 1.29 is 4.52 Å². The van der Waals surface area contributed by atoms with E-state index in [-0.39, 0.29) is 0 Å². The minimum absolute atomic E-state index is 0.369. The van der Waals surface area contributed by atoms with Gasteiger partial charge in [-0.25, -0.2) is 0 Å². The molecular weight excluding hydrogens is 338 g/mol. The number of benzene rings is 1. The van der Waals surface area contributed by atoms with E-state index < -0.39 is 0 Å². The molecule has 2 aliphatic rings. The quantitative estimate of drug-likeness (QED) is 0.696. The van der Waals surface area contributed by atoms with E-state index in [1.165, 1.54) is 30.5 Å². The molecule has 140 valence electrons. The van der Waals surface area contributed by atoms with Gasteiger partial charge in [0.1, 0.15) is 0 Å². The minimum atomic E-state index is 0.369. The Hall–Kier alpha value is -2.47. The van der Waals surface area contributed by atoms with Gasteiger partial charge in [0.25, 0.3) is 0 Å². The van der Waals surface area contributed by atoms with Crippen LogP contribution in [0.2, 0.25) is 0 Å². The maximum absolute atomic E-state index is 5.59. The van der Waals surface area contributed by atoms with Gasteiger partial charge < -0.3 is 4.52 Å². The predicted octanol–water partition coefficient (Wildman–Crippen LogP) is 3.28. The Balaban J connectivity index is 1.32. The molecule has 3 aromatic rings. The fourth-order valence-corrected chi connectivity index (χ4v) is 4.82. The molecule has 0 N–H and O–H groups in total. The molecule has 0 amide bonds. The van der Waals surface area contributed by atoms with Gasteiger partial charge in [0, 0.05) is 37.7 Å². The average molecular weight is 363 g/mol. The van der Waals surface area contributed by atoms with Crippen LogP contribution in [0.1, 0.15) is 54.1 Å². The molecule has 1 aromatic carbocycles. The highest BCUT2D eigenvalue weighted by atomic mass is 16.5. The van der Waals surface area contributed by atoms with E-state index in [1.54, 1.807) is 0 Å². The van der Waals surface area contributed by atoms with E-state index >= 15 is 0 Å². The molecule has 0 aliphatic carbocycles. The number of fused-ring (bicyclic) bond motifs is 1. The molecule has 27 heavy (non-hydrogen) atoms. The Morgan fingerprint density at radius 1 is 1.19 bits per heavy atom. The van der Waals surface area contributed by atoms with Gasteiger partial charge in [0.15, 0.2) is 5.82 Å². The van der Waals surface area contributed by atoms with Crippen molar-refractivity contribution in [1.82, 2.24) is 24.8 Å². The van der Waals surface area contributed by atoms with Crippen molar-refractivity contribution in [2.24, 2.45) is 7.05 Å². The smallest absolute Gasteiger partial charge is 0.226 e. The lowest BCUT2D eigenvalue weighted by Gasteiger charge is -2.24. The summed E-state index contributed by atoms with van der Waals surface area (Å²) in [6, 6.07) is 11.9. The number of hydrogen-bond acceptors (Lipinski definition) is 5. The van der Waals surface area contributed by atoms with E-state index in [2.05, 4.69) is 45.5 Å². The van der Waals surface area contributed by atoms with Gasteiger partial charge in [-0.05, 0) is 43.4 Å². The summed E-state index contributed by atoms with van der Waals surface area (Å²) in [4.78, 5) is 7.43. The summed E-state index contributed by atoms with van der Waals surface area (Å²) in [6.07, 6.45) is 9.15. The molecule has 6 nitrogen and oxygen atoms in total. The highest BCUT2D eigenvalue weighted by Gasteiger charge is 2.46. The number of aryl methyl sites for hydroxylation is 3. The zero-order valence-electron chi connectivity index (χ0n) is 15.7. The standard InChI is InChI=1S/C21H25N5O/c1-25-14-15(13-22-25)9-10-20-23-21(24-27-20)17-12-19(16-6-3-2-4-7-16)26-11-5-8-18(17)26/h2-4,6-7,13-14,17-19H,5,8-12H2,1H3/t17-,18+,19-/m1/s1. The summed E-state index contributed by atoms with van der Waals surface area (Å²) in [5.41, 5.74) is 2.61. The van der Waals surface area contributed by atoms with Crippen molar-refractivity contribution in [1.29, 1.82) is 0 Å². The van der Waals surface area contributed by atoms with Crippen molar-refractivity contribution in [3.63, 3.8) is 0 Å². The Labute approximate surface area is 159 Å². The summed E-state index contributed by atoms with van der Waals surface area (Å²) in [6.45, 7) is 1.17. The largest absolute Gasteiger partial charge is 0.339 e. The number of aromatic nitrogens is 4. The van der Waals surface area contributed by atoms with Crippen LogP contribution in [0.25, 0.3) is 0 Å². The lowest BCUT2D eigenvalue weighted by molar-refractivity contribution is 0.243. The molecule has 0 radical (unpaired) electrons. The fourth-order valence-electron chi connectivity index (χ4n) is 4.82. The molecule has 2 fully saturated rings. The molecule has 5 rings (SSSR count). The summed E-state index contributed by atoms with van der Waals surface area (Å²) < 4.78 is 7.41. The predicted molar refractivity (Wildman–Crippen MR) is 101 cm³/mol. The molecule has 2 aromatic heterocycles. The van der Waals surface area contributed by atoms with Gasteiger partial charge in [0.05, 0.1) is 6.20 Å². The van der Waals surface area contributed by atoms with Crippen LogP contribution in [0.3, 0.4) is 0 Å². The van der Waals surface area contributed by atoms with Crippen molar-refractivity contribution in [2.45, 2.75) is 50.1 Å². The van der Waals surface area contributed by atoms with E-state index in [0.717, 1.165) is 31.0 Å². The van der Waals surface area contributed by atoms with Crippen LogP contribution in [-0.4, -0.2) is 37.4 Å². The fraction of sp³-hybridized carbons (Fsp3) is 0.476. The third kappa shape index (κ3) is 3.18. The monoisotopic (exact) mass is 363 g/mol. The second-order valence-electron chi connectivity index (χ2n) is 7.78. The van der Waals surface area contributed by atoms with Crippen molar-refractivity contribution in [3.8, 4) is 0 Å². The normalized spacial score (nSPS) is 25.1. The van der Waals surface area contributed by atoms with Crippen LogP contribution >= 0.6 is 0 Å². The zero-order valence-corrected chi connectivity index (χ0v) is 15.7. The second-order valence-corrected chi connectivity index (χ2v) is 7.78. The van der Waals surface area contributed by atoms with Crippen LogP contribution in [-0.2, 0) is 19.9 Å². The summed E-state index contributed by atoms with van der Waals surface area (Å²) in [5, 5.41) is 8.59. The van der Waals surface area contributed by atoms with Crippen molar-refractivity contribution in [3.05, 3.63) is 65.6 Å². The topological polar surface area (TPSA) is 60.0 Å². The summed E-state index contributed by atoms with van der Waals surface area (Å²) in [5.74, 6) is 2.00. The van der Waals surface area contributed by atoms with E-state index in [0.29, 0.717) is 18.0 Å². The summed E-state index contributed by atoms with van der Waals surface area (Å²) >= 11 is 0. The van der Waals surface area contributed by atoms with Crippen LogP contribution in [0.4, 0.5) is 0 Å². The number of rotatable bonds is 5. The molecule has 4 heterocycles. The number of hydrogen-bond donors (Lipinski definition) is 0. The van der Waals surface area contributed by atoms with Crippen molar-refractivity contribution >= 4 is 0 Å². The molecule has 0 bridgehead atoms. The molecule has 0 saturated carbocycles. The first-order chi connectivity index (χ1) is 13.3. The first kappa shape index (κ1) is 16.7. The van der Waals surface area contributed by atoms with Gasteiger partial charge >= 0.3 is 0 Å². The van der Waals surface area contributed by atoms with E-state index in [4.69, 9.17) is 9.51 Å². The van der Waals surface area contributed by atoms with Crippen LogP contribution < -0.4 is 0 Å². The van der Waals surface area contributed by atoms with Gasteiger partial charge in [-0.15, -0.1) is 0 Å². The Morgan fingerprint density at radius 3 is 2.89 bits per heavy atom. The maximum Gasteiger partial charge on any atom is 0.226 e. The highest BCUT2D eigenvalue weighted by Crippen LogP contribution is 2.48. The first-order valence-electron chi connectivity index (χ1n) is 9.88. The van der Waals surface area contributed by atoms with Gasteiger partial charge in [-0.2, -0.15) is 10.1 Å². The first-order valence-corrected chi connectivity index (χ1v) is 9.88. The molecule has 2 saturated heterocycles. The van der Waals surface area contributed by atoms with Gasteiger partial charge in [-0.1, -0.05) is 35.5 Å². The molecule has 0 unspecified atom stereocenters. The minimum Gasteiger partial charge on any atom is -0.339 e. The van der Waals surface area contributed by atoms with Crippen LogP contribution in [0, 0.1) is 0 Å². The van der Waals surface area contributed by atoms with E-state index in [1.807, 2.05) is 24.1 Å². The Morgan fingerprint density at radius 2 is 2.07 bits per heavy atom. The average Bonchev–Trinajstić information content (AvgIpc) is 3.45. The molecule has 0 spiro atoms. The molecular formula is C21H25N5O. The van der Waals surface area contributed by atoms with Crippen LogP contribution in [0.5, 0.6) is 0 Å². The summed E-state index contributed by atoms with van der Waals surface area (Å²) in [7, 11) is 1.94. The lowest BCUT2D eigenvalue weighted by atomic mass is 9.94. The maximum atomic E-state index is 5.59. The highest BCUT2D eigenvalue weighted by molar-refractivity contribution is 5.24. The van der Waals surface area contributed by atoms with Gasteiger partial charge in [-0.3, -0.25) is 9.58 Å². The number of nitrogens with zero attached hydrogens (tertiary/aromatic N) is 5. The Kier molecular flexibility index (Phi) is 4.28. The molecule has 2 aliphatic heterocycles. The molecule has 3 atom stereocenters. The Bertz CT molecular complexity index is 902. The van der Waals surface area contributed by atoms with Crippen LogP contribution in [0.15, 0.2) is 47.2 Å². The lowest BCUT2D eigenvalue weighted by Crippen LogP contribution is -2.27. The third-order valence-electron chi connectivity index (χ3n) is 6.07. The second kappa shape index (κ2) is 6.93. The molecule has 6 heteroatoms. The van der Waals surface area contributed by atoms with E-state index in [9.17, 15) is 0 Å². The van der Waals surface area contributed by atoms with Crippen molar-refractivity contribution in [2.75, 3.05) is 6.54 Å². The van der Waals surface area contributed by atoms with Gasteiger partial charge in [0.2, 0.25) is 5.89 Å². The third-order valence-corrected chi connectivity index (χ3v) is 6.07. The zero-order chi connectivity index (χ0) is 18.2. The SMILES string of the molecule is Cn1cc(CCc2nc([C@@H]3C[C@H](c4ccccc4)N4CCC[C@@H]34)no2)cn1.